The largest absolute Gasteiger partial charge is 0.489 e. The number of rotatable bonds is 4. The van der Waals surface area contributed by atoms with Crippen molar-refractivity contribution in [3.05, 3.63) is 98.2 Å². The summed E-state index contributed by atoms with van der Waals surface area (Å²) in [7, 11) is 0. The van der Waals surface area contributed by atoms with E-state index in [0.29, 0.717) is 34.5 Å². The average molecular weight is 456 g/mol. The van der Waals surface area contributed by atoms with Crippen LogP contribution in [0.3, 0.4) is 0 Å². The average Bonchev–Trinajstić information content (AvgIpc) is 2.99. The van der Waals surface area contributed by atoms with E-state index in [0.717, 1.165) is 21.2 Å². The van der Waals surface area contributed by atoms with Gasteiger partial charge >= 0.3 is 0 Å². The predicted octanol–water partition coefficient (Wildman–Crippen LogP) is 6.61. The second kappa shape index (κ2) is 7.82. The number of ether oxygens (including phenoxy) is 2. The van der Waals surface area contributed by atoms with Gasteiger partial charge in [0.05, 0.1) is 5.56 Å². The molecule has 1 aliphatic heterocycles. The van der Waals surface area contributed by atoms with Crippen molar-refractivity contribution < 1.29 is 14.3 Å². The van der Waals surface area contributed by atoms with Crippen LogP contribution in [0.25, 0.3) is 6.08 Å². The third kappa shape index (κ3) is 3.84. The van der Waals surface area contributed by atoms with E-state index in [1.807, 2.05) is 61.5 Å². The summed E-state index contributed by atoms with van der Waals surface area (Å²) in [6.07, 6.45) is 1.75. The molecule has 28 heavy (non-hydrogen) atoms. The van der Waals surface area contributed by atoms with E-state index in [9.17, 15) is 4.79 Å². The molecule has 0 saturated heterocycles. The quantitative estimate of drug-likeness (QED) is 0.415. The number of carbonyl (C=O) groups excluding carboxylic acids is 1. The Kier molecular flexibility index (Phi) is 5.25. The molecule has 5 heteroatoms. The molecule has 3 aromatic carbocycles. The van der Waals surface area contributed by atoms with Crippen molar-refractivity contribution in [2.45, 2.75) is 13.5 Å². The lowest BCUT2D eigenvalue weighted by atomic mass is 10.0. The van der Waals surface area contributed by atoms with Gasteiger partial charge < -0.3 is 9.47 Å². The van der Waals surface area contributed by atoms with Gasteiger partial charge in [0.25, 0.3) is 0 Å². The maximum Gasteiger partial charge on any atom is 0.232 e. The number of ketones is 1. The number of carbonyl (C=O) groups is 1. The first-order valence-electron chi connectivity index (χ1n) is 8.72. The molecular formula is C23H16BrClO3. The monoisotopic (exact) mass is 454 g/mol. The van der Waals surface area contributed by atoms with E-state index in [1.165, 1.54) is 0 Å². The lowest BCUT2D eigenvalue weighted by molar-refractivity contribution is 0.101. The van der Waals surface area contributed by atoms with Crippen LogP contribution in [0.4, 0.5) is 0 Å². The maximum atomic E-state index is 12.8. The lowest BCUT2D eigenvalue weighted by Crippen LogP contribution is -2.00. The second-order valence-corrected chi connectivity index (χ2v) is 7.78. The van der Waals surface area contributed by atoms with Gasteiger partial charge in [0.1, 0.15) is 18.1 Å². The zero-order valence-corrected chi connectivity index (χ0v) is 17.4. The van der Waals surface area contributed by atoms with Gasteiger partial charge in [-0.05, 0) is 54.0 Å². The van der Waals surface area contributed by atoms with Crippen LogP contribution in [0.1, 0.15) is 27.0 Å². The molecule has 0 fully saturated rings. The van der Waals surface area contributed by atoms with Crippen LogP contribution < -0.4 is 9.47 Å². The molecule has 0 radical (unpaired) electrons. The van der Waals surface area contributed by atoms with Crippen LogP contribution in [-0.2, 0) is 6.61 Å². The van der Waals surface area contributed by atoms with Crippen LogP contribution in [0, 0.1) is 6.92 Å². The SMILES string of the molecule is Cc1cc(OCc2ccc(Cl)cc2)cc2c1C(=O)/C(=C/c1ccccc1Br)O2. The summed E-state index contributed by atoms with van der Waals surface area (Å²) in [6.45, 7) is 2.29. The highest BCUT2D eigenvalue weighted by atomic mass is 79.9. The van der Waals surface area contributed by atoms with Crippen molar-refractivity contribution in [1.82, 2.24) is 0 Å². The highest BCUT2D eigenvalue weighted by Gasteiger charge is 2.30. The Balaban J connectivity index is 1.57. The van der Waals surface area contributed by atoms with E-state index in [2.05, 4.69) is 15.9 Å². The molecule has 0 unspecified atom stereocenters. The van der Waals surface area contributed by atoms with Crippen LogP contribution in [0.5, 0.6) is 11.5 Å². The molecular weight excluding hydrogens is 440 g/mol. The van der Waals surface area contributed by atoms with Crippen molar-refractivity contribution >= 4 is 39.4 Å². The molecule has 3 nitrogen and oxygen atoms in total. The van der Waals surface area contributed by atoms with Gasteiger partial charge in [-0.3, -0.25) is 4.79 Å². The number of fused-ring (bicyclic) bond motifs is 1. The molecule has 0 spiro atoms. The standard InChI is InChI=1S/C23H16BrClO3/c1-14-10-18(27-13-15-6-8-17(25)9-7-15)12-20-22(14)23(26)21(28-20)11-16-4-2-3-5-19(16)24/h2-12H,13H2,1H3/b21-11-. The van der Waals surface area contributed by atoms with E-state index in [-0.39, 0.29) is 5.78 Å². The zero-order valence-electron chi connectivity index (χ0n) is 15.0. The van der Waals surface area contributed by atoms with E-state index >= 15 is 0 Å². The van der Waals surface area contributed by atoms with Gasteiger partial charge in [0.15, 0.2) is 5.76 Å². The molecule has 1 heterocycles. The molecule has 0 aromatic heterocycles. The molecule has 0 N–H and O–H groups in total. The second-order valence-electron chi connectivity index (χ2n) is 6.49. The first-order valence-corrected chi connectivity index (χ1v) is 9.89. The van der Waals surface area contributed by atoms with Crippen LogP contribution >= 0.6 is 27.5 Å². The van der Waals surface area contributed by atoms with Crippen LogP contribution in [0.2, 0.25) is 5.02 Å². The maximum absolute atomic E-state index is 12.8. The minimum Gasteiger partial charge on any atom is -0.489 e. The van der Waals surface area contributed by atoms with Crippen molar-refractivity contribution in [2.75, 3.05) is 0 Å². The Morgan fingerprint density at radius 1 is 1.11 bits per heavy atom. The Morgan fingerprint density at radius 3 is 2.61 bits per heavy atom. The summed E-state index contributed by atoms with van der Waals surface area (Å²) >= 11 is 9.40. The number of aryl methyl sites for hydroxylation is 1. The van der Waals surface area contributed by atoms with E-state index in [1.54, 1.807) is 12.1 Å². The van der Waals surface area contributed by atoms with Gasteiger partial charge in [-0.2, -0.15) is 0 Å². The Hall–Kier alpha value is -2.56. The normalized spacial score (nSPS) is 14.1. The Morgan fingerprint density at radius 2 is 1.86 bits per heavy atom. The first kappa shape index (κ1) is 18.8. The topological polar surface area (TPSA) is 35.5 Å². The summed E-state index contributed by atoms with van der Waals surface area (Å²) in [4.78, 5) is 12.8. The highest BCUT2D eigenvalue weighted by molar-refractivity contribution is 9.10. The molecule has 0 amide bonds. The minimum atomic E-state index is -0.118. The van der Waals surface area contributed by atoms with Gasteiger partial charge in [0.2, 0.25) is 5.78 Å². The number of hydrogen-bond donors (Lipinski definition) is 0. The third-order valence-electron chi connectivity index (χ3n) is 4.45. The van der Waals surface area contributed by atoms with Crippen molar-refractivity contribution in [2.24, 2.45) is 0 Å². The molecule has 140 valence electrons. The van der Waals surface area contributed by atoms with Gasteiger partial charge in [-0.1, -0.05) is 57.9 Å². The fourth-order valence-electron chi connectivity index (χ4n) is 3.04. The van der Waals surface area contributed by atoms with Crippen molar-refractivity contribution in [3.8, 4) is 11.5 Å². The number of hydrogen-bond acceptors (Lipinski definition) is 3. The minimum absolute atomic E-state index is 0.118. The first-order chi connectivity index (χ1) is 13.5. The predicted molar refractivity (Wildman–Crippen MR) is 114 cm³/mol. The summed E-state index contributed by atoms with van der Waals surface area (Å²) in [5.41, 5.74) is 3.30. The van der Waals surface area contributed by atoms with Crippen LogP contribution in [-0.4, -0.2) is 5.78 Å². The van der Waals surface area contributed by atoms with Crippen molar-refractivity contribution in [1.29, 1.82) is 0 Å². The highest BCUT2D eigenvalue weighted by Crippen LogP contribution is 2.38. The molecule has 0 aliphatic carbocycles. The smallest absolute Gasteiger partial charge is 0.232 e. The summed E-state index contributed by atoms with van der Waals surface area (Å²) in [6, 6.07) is 18.8. The molecule has 0 atom stereocenters. The molecule has 0 bridgehead atoms. The van der Waals surface area contributed by atoms with Crippen LogP contribution in [0.15, 0.2) is 70.9 Å². The van der Waals surface area contributed by atoms with E-state index < -0.39 is 0 Å². The lowest BCUT2D eigenvalue weighted by Gasteiger charge is -2.09. The Bertz CT molecular complexity index is 1090. The third-order valence-corrected chi connectivity index (χ3v) is 5.43. The number of allylic oxidation sites excluding steroid dienone is 1. The van der Waals surface area contributed by atoms with E-state index in [4.69, 9.17) is 21.1 Å². The number of benzene rings is 3. The van der Waals surface area contributed by atoms with Gasteiger partial charge in [0, 0.05) is 15.6 Å². The number of halogens is 2. The molecule has 0 saturated carbocycles. The number of Topliss-reactive ketones (excluding diaryl/α,β-unsaturated/α-hetero) is 1. The van der Waals surface area contributed by atoms with Gasteiger partial charge in [-0.15, -0.1) is 0 Å². The van der Waals surface area contributed by atoms with Gasteiger partial charge in [-0.25, -0.2) is 0 Å². The molecule has 1 aliphatic rings. The fraction of sp³-hybridized carbons (Fsp3) is 0.0870. The molecule has 3 aromatic rings. The van der Waals surface area contributed by atoms with Crippen molar-refractivity contribution in [3.63, 3.8) is 0 Å². The fourth-order valence-corrected chi connectivity index (χ4v) is 3.57. The summed E-state index contributed by atoms with van der Waals surface area (Å²) < 4.78 is 12.6. The zero-order chi connectivity index (χ0) is 19.7. The Labute approximate surface area is 176 Å². The summed E-state index contributed by atoms with van der Waals surface area (Å²) in [5, 5.41) is 0.688. The molecule has 4 rings (SSSR count). The summed E-state index contributed by atoms with van der Waals surface area (Å²) in [5.74, 6) is 1.36.